The summed E-state index contributed by atoms with van der Waals surface area (Å²) in [6, 6.07) is 25.7. The number of nitrogens with one attached hydrogen (secondary N) is 3. The van der Waals surface area contributed by atoms with Gasteiger partial charge < -0.3 is 16.0 Å². The van der Waals surface area contributed by atoms with E-state index in [1.165, 1.54) is 17.5 Å². The van der Waals surface area contributed by atoms with Crippen LogP contribution in [0.1, 0.15) is 16.7 Å². The second kappa shape index (κ2) is 13.4. The molecule has 0 aliphatic heterocycles. The quantitative estimate of drug-likeness (QED) is 0.187. The molecule has 0 saturated heterocycles. The van der Waals surface area contributed by atoms with Gasteiger partial charge in [-0.05, 0) is 52.9 Å². The average molecular weight is 581 g/mol. The van der Waals surface area contributed by atoms with Crippen molar-refractivity contribution in [3.8, 4) is 0 Å². The number of urea groups is 1. The highest BCUT2D eigenvalue weighted by Gasteiger charge is 2.29. The number of fused-ring (bicyclic) bond motifs is 2. The molecular weight excluding hydrogens is 553 g/mol. The number of aromatic nitrogens is 3. The summed E-state index contributed by atoms with van der Waals surface area (Å²) in [5, 5.41) is 12.8. The third-order valence-corrected chi connectivity index (χ3v) is 6.52. The minimum atomic E-state index is -4.37. The van der Waals surface area contributed by atoms with Crippen LogP contribution in [0.4, 0.5) is 29.5 Å². The van der Waals surface area contributed by atoms with Crippen molar-refractivity contribution in [3.63, 3.8) is 0 Å². The van der Waals surface area contributed by atoms with E-state index in [9.17, 15) is 18.0 Å². The van der Waals surface area contributed by atoms with Crippen molar-refractivity contribution in [2.45, 2.75) is 19.3 Å². The normalized spacial score (nSPS) is 11.0. The highest BCUT2D eigenvalue weighted by atomic mass is 19.4. The number of benzene rings is 3. The van der Waals surface area contributed by atoms with Gasteiger partial charge in [-0.15, -0.1) is 0 Å². The van der Waals surface area contributed by atoms with E-state index >= 15 is 0 Å². The Bertz CT molecular complexity index is 1800. The van der Waals surface area contributed by atoms with Crippen LogP contribution in [0.2, 0.25) is 0 Å². The molecule has 0 bridgehead atoms. The molecule has 0 aliphatic carbocycles. The first-order chi connectivity index (χ1) is 20.9. The summed E-state index contributed by atoms with van der Waals surface area (Å²) < 4.78 is 37.6. The van der Waals surface area contributed by atoms with Crippen LogP contribution in [0.3, 0.4) is 0 Å². The Morgan fingerprint density at radius 1 is 0.674 bits per heavy atom. The van der Waals surface area contributed by atoms with Crippen LogP contribution >= 0.6 is 0 Å². The van der Waals surface area contributed by atoms with Crippen molar-refractivity contribution >= 4 is 39.1 Å². The molecule has 0 radical (unpaired) electrons. The average Bonchev–Trinajstić information content (AvgIpc) is 3.03. The molecule has 3 aromatic heterocycles. The fourth-order valence-electron chi connectivity index (χ4n) is 4.34. The van der Waals surface area contributed by atoms with Crippen molar-refractivity contribution in [1.82, 2.24) is 20.3 Å². The summed E-state index contributed by atoms with van der Waals surface area (Å²) >= 11 is 0. The molecule has 0 saturated carbocycles. The van der Waals surface area contributed by atoms with Crippen molar-refractivity contribution in [2.24, 2.45) is 0 Å². The number of halogens is 3. The van der Waals surface area contributed by atoms with Crippen LogP contribution in [0.25, 0.3) is 21.5 Å². The van der Waals surface area contributed by atoms with Gasteiger partial charge in [-0.25, -0.2) is 9.78 Å². The molecule has 6 rings (SSSR count). The number of hydrogen-bond donors (Lipinski definition) is 3. The second-order valence-electron chi connectivity index (χ2n) is 9.50. The summed E-state index contributed by atoms with van der Waals surface area (Å²) in [6.07, 6.45) is 4.42. The third-order valence-electron chi connectivity index (χ3n) is 6.52. The van der Waals surface area contributed by atoms with Gasteiger partial charge >= 0.3 is 12.2 Å². The van der Waals surface area contributed by atoms with E-state index in [0.29, 0.717) is 11.3 Å². The van der Waals surface area contributed by atoms with Crippen molar-refractivity contribution in [3.05, 3.63) is 139 Å². The van der Waals surface area contributed by atoms with Crippen LogP contribution in [-0.2, 0) is 19.3 Å². The molecule has 2 amide bonds. The molecule has 3 aromatic carbocycles. The standard InChI is InChI=1S/C18H14F3N3O.C15H13N3/c19-18(20,21)14-6-4-12(5-7-14)10-23-17(25)24-16-3-1-2-13-11-22-9-8-15(13)16;1-2-6-14-13(5-1)7-9-17-15(14)18-11-12-4-3-8-16-10-12/h1-9,11H,10H2,(H2,23,24,25);1-10H,11H2,(H,17,18). The van der Waals surface area contributed by atoms with E-state index in [2.05, 4.69) is 43.0 Å². The van der Waals surface area contributed by atoms with Crippen LogP contribution in [-0.4, -0.2) is 21.0 Å². The lowest BCUT2D eigenvalue weighted by Crippen LogP contribution is -2.28. The maximum atomic E-state index is 12.5. The number of carbonyl (C=O) groups excluding carboxylic acids is 1. The van der Waals surface area contributed by atoms with Crippen molar-refractivity contribution in [1.29, 1.82) is 0 Å². The first-order valence-corrected chi connectivity index (χ1v) is 13.4. The highest BCUT2D eigenvalue weighted by Crippen LogP contribution is 2.29. The van der Waals surface area contributed by atoms with Crippen LogP contribution in [0, 0.1) is 0 Å². The molecule has 43 heavy (non-hydrogen) atoms. The van der Waals surface area contributed by atoms with Crippen LogP contribution in [0.15, 0.2) is 122 Å². The molecule has 0 spiro atoms. The molecule has 216 valence electrons. The van der Waals surface area contributed by atoms with E-state index in [4.69, 9.17) is 0 Å². The molecule has 0 fully saturated rings. The van der Waals surface area contributed by atoms with Gasteiger partial charge in [0.25, 0.3) is 0 Å². The highest BCUT2D eigenvalue weighted by molar-refractivity contribution is 6.01. The van der Waals surface area contributed by atoms with E-state index in [1.54, 1.807) is 36.8 Å². The SMILES string of the molecule is O=C(NCc1ccc(C(F)(F)F)cc1)Nc1cccc2cnccc12.c1cncc(CNc2nccc3ccccc23)c1. The Morgan fingerprint density at radius 3 is 2.26 bits per heavy atom. The summed E-state index contributed by atoms with van der Waals surface area (Å²) in [5.41, 5.74) is 1.63. The fourth-order valence-corrected chi connectivity index (χ4v) is 4.34. The maximum Gasteiger partial charge on any atom is 0.416 e. The fraction of sp³-hybridized carbons (Fsp3) is 0.0909. The first-order valence-electron chi connectivity index (χ1n) is 13.4. The zero-order valence-electron chi connectivity index (χ0n) is 22.8. The van der Waals surface area contributed by atoms with E-state index in [0.717, 1.165) is 46.2 Å². The summed E-state index contributed by atoms with van der Waals surface area (Å²) in [5.74, 6) is 0.914. The Hall–Kier alpha value is -5.51. The monoisotopic (exact) mass is 580 g/mol. The summed E-state index contributed by atoms with van der Waals surface area (Å²) in [4.78, 5) is 24.6. The molecule has 7 nitrogen and oxygen atoms in total. The van der Waals surface area contributed by atoms with Crippen LogP contribution < -0.4 is 16.0 Å². The first kappa shape index (κ1) is 29.0. The number of anilines is 2. The topological polar surface area (TPSA) is 91.8 Å². The van der Waals surface area contributed by atoms with Gasteiger partial charge in [0.2, 0.25) is 0 Å². The van der Waals surface area contributed by atoms with Gasteiger partial charge in [-0.2, -0.15) is 13.2 Å². The molecule has 0 aliphatic rings. The van der Waals surface area contributed by atoms with E-state index in [-0.39, 0.29) is 6.54 Å². The Kier molecular flexibility index (Phi) is 9.06. The molecule has 3 heterocycles. The number of carbonyl (C=O) groups is 1. The van der Waals surface area contributed by atoms with Gasteiger partial charge in [0, 0.05) is 60.2 Å². The van der Waals surface area contributed by atoms with Crippen molar-refractivity contribution in [2.75, 3.05) is 10.6 Å². The van der Waals surface area contributed by atoms with Crippen molar-refractivity contribution < 1.29 is 18.0 Å². The number of alkyl halides is 3. The third kappa shape index (κ3) is 7.82. The number of rotatable bonds is 6. The molecule has 0 unspecified atom stereocenters. The minimum Gasteiger partial charge on any atom is -0.365 e. The zero-order valence-corrected chi connectivity index (χ0v) is 22.8. The molecule has 3 N–H and O–H groups in total. The smallest absolute Gasteiger partial charge is 0.365 e. The van der Waals surface area contributed by atoms with Gasteiger partial charge in [0.15, 0.2) is 0 Å². The lowest BCUT2D eigenvalue weighted by Gasteiger charge is -2.11. The minimum absolute atomic E-state index is 0.121. The predicted octanol–water partition coefficient (Wildman–Crippen LogP) is 7.82. The molecule has 0 atom stereocenters. The Balaban J connectivity index is 0.000000180. The van der Waals surface area contributed by atoms with Gasteiger partial charge in [-0.1, -0.05) is 54.6 Å². The number of hydrogen-bond acceptors (Lipinski definition) is 5. The lowest BCUT2D eigenvalue weighted by atomic mass is 10.1. The summed E-state index contributed by atoms with van der Waals surface area (Å²) in [7, 11) is 0. The Morgan fingerprint density at radius 2 is 1.47 bits per heavy atom. The van der Waals surface area contributed by atoms with E-state index < -0.39 is 17.8 Å². The number of amides is 2. The van der Waals surface area contributed by atoms with Gasteiger partial charge in [0.05, 0.1) is 11.3 Å². The number of pyridine rings is 3. The molecular formula is C33H27F3N6O. The van der Waals surface area contributed by atoms with E-state index in [1.807, 2.05) is 48.8 Å². The second-order valence-corrected chi connectivity index (χ2v) is 9.50. The maximum absolute atomic E-state index is 12.5. The largest absolute Gasteiger partial charge is 0.416 e. The predicted molar refractivity (Wildman–Crippen MR) is 162 cm³/mol. The number of nitrogens with zero attached hydrogens (tertiary/aromatic N) is 3. The summed E-state index contributed by atoms with van der Waals surface area (Å²) in [6.45, 7) is 0.852. The van der Waals surface area contributed by atoms with Gasteiger partial charge in [-0.3, -0.25) is 9.97 Å². The van der Waals surface area contributed by atoms with Crippen LogP contribution in [0.5, 0.6) is 0 Å². The zero-order chi connectivity index (χ0) is 30.1. The molecule has 6 aromatic rings. The van der Waals surface area contributed by atoms with Gasteiger partial charge in [0.1, 0.15) is 5.82 Å². The lowest BCUT2D eigenvalue weighted by molar-refractivity contribution is -0.137. The molecule has 10 heteroatoms. The Labute approximate surface area is 245 Å².